The van der Waals surface area contributed by atoms with Crippen molar-refractivity contribution in [2.45, 2.75) is 32.4 Å². The zero-order valence-corrected chi connectivity index (χ0v) is 13.1. The number of halogens is 2. The largest absolute Gasteiger partial charge is 0.340 e. The summed E-state index contributed by atoms with van der Waals surface area (Å²) < 4.78 is 1.04. The molecule has 0 spiro atoms. The lowest BCUT2D eigenvalue weighted by Crippen LogP contribution is -2.41. The molecule has 0 aliphatic carbocycles. The van der Waals surface area contributed by atoms with E-state index in [1.807, 2.05) is 31.2 Å². The maximum Gasteiger partial charge on any atom is 0.239 e. The zero-order chi connectivity index (χ0) is 12.8. The van der Waals surface area contributed by atoms with Crippen LogP contribution >= 0.6 is 28.3 Å². The van der Waals surface area contributed by atoms with Crippen molar-refractivity contribution in [3.63, 3.8) is 0 Å². The van der Waals surface area contributed by atoms with Crippen LogP contribution in [0.25, 0.3) is 0 Å². The van der Waals surface area contributed by atoms with Gasteiger partial charge in [-0.25, -0.2) is 0 Å². The van der Waals surface area contributed by atoms with E-state index in [1.54, 1.807) is 11.9 Å². The zero-order valence-electron chi connectivity index (χ0n) is 10.7. The molecule has 1 aromatic rings. The summed E-state index contributed by atoms with van der Waals surface area (Å²) in [6, 6.07) is 7.57. The standard InChI is InChI=1S/C13H19BrN2O.ClH/c1-3-4-12(15)13(17)16(2)9-10-5-7-11(14)8-6-10;/h5-8,12H,3-4,9,15H2,1-2H3;1H. The molecule has 2 N–H and O–H groups in total. The average molecular weight is 336 g/mol. The molecule has 1 unspecified atom stereocenters. The van der Waals surface area contributed by atoms with Gasteiger partial charge in [-0.2, -0.15) is 0 Å². The van der Waals surface area contributed by atoms with Gasteiger partial charge in [-0.15, -0.1) is 12.4 Å². The number of amides is 1. The molecule has 1 amide bonds. The van der Waals surface area contributed by atoms with Gasteiger partial charge in [0.1, 0.15) is 0 Å². The first kappa shape index (κ1) is 17.4. The van der Waals surface area contributed by atoms with Gasteiger partial charge in [0.25, 0.3) is 0 Å². The third kappa shape index (κ3) is 5.38. The summed E-state index contributed by atoms with van der Waals surface area (Å²) in [5.41, 5.74) is 6.91. The highest BCUT2D eigenvalue weighted by molar-refractivity contribution is 9.10. The van der Waals surface area contributed by atoms with Crippen LogP contribution in [0.2, 0.25) is 0 Å². The second-order valence-electron chi connectivity index (χ2n) is 4.22. The van der Waals surface area contributed by atoms with Gasteiger partial charge in [-0.05, 0) is 24.1 Å². The summed E-state index contributed by atoms with van der Waals surface area (Å²) in [6.07, 6.45) is 1.67. The van der Waals surface area contributed by atoms with E-state index in [0.29, 0.717) is 6.54 Å². The first-order chi connectivity index (χ1) is 8.04. The normalized spacial score (nSPS) is 11.6. The van der Waals surface area contributed by atoms with Gasteiger partial charge in [0.05, 0.1) is 6.04 Å². The van der Waals surface area contributed by atoms with Crippen molar-refractivity contribution in [3.8, 4) is 0 Å². The predicted molar refractivity (Wildman–Crippen MR) is 80.7 cm³/mol. The topological polar surface area (TPSA) is 46.3 Å². The predicted octanol–water partition coefficient (Wildman–Crippen LogP) is 2.96. The molecule has 102 valence electrons. The summed E-state index contributed by atoms with van der Waals surface area (Å²) in [6.45, 7) is 2.63. The van der Waals surface area contributed by atoms with Crippen molar-refractivity contribution in [1.82, 2.24) is 4.90 Å². The van der Waals surface area contributed by atoms with Crippen molar-refractivity contribution < 1.29 is 4.79 Å². The summed E-state index contributed by atoms with van der Waals surface area (Å²) in [4.78, 5) is 13.6. The van der Waals surface area contributed by atoms with Crippen molar-refractivity contribution in [3.05, 3.63) is 34.3 Å². The maximum atomic E-state index is 11.9. The van der Waals surface area contributed by atoms with Crippen molar-refractivity contribution in [2.24, 2.45) is 5.73 Å². The second-order valence-corrected chi connectivity index (χ2v) is 5.13. The number of nitrogens with zero attached hydrogens (tertiary/aromatic N) is 1. The molecule has 0 saturated heterocycles. The van der Waals surface area contributed by atoms with E-state index in [-0.39, 0.29) is 24.4 Å². The molecule has 18 heavy (non-hydrogen) atoms. The minimum absolute atomic E-state index is 0. The number of rotatable bonds is 5. The second kappa shape index (κ2) is 8.51. The smallest absolute Gasteiger partial charge is 0.239 e. The van der Waals surface area contributed by atoms with Crippen molar-refractivity contribution in [2.75, 3.05) is 7.05 Å². The van der Waals surface area contributed by atoms with E-state index in [2.05, 4.69) is 15.9 Å². The van der Waals surface area contributed by atoms with Crippen molar-refractivity contribution >= 4 is 34.2 Å². The molecule has 0 aliphatic rings. The Labute approximate surface area is 123 Å². The first-order valence-electron chi connectivity index (χ1n) is 5.79. The molecule has 0 heterocycles. The van der Waals surface area contributed by atoms with Gasteiger partial charge in [0.2, 0.25) is 5.91 Å². The Morgan fingerprint density at radius 3 is 2.44 bits per heavy atom. The van der Waals surface area contributed by atoms with Crippen LogP contribution in [0, 0.1) is 0 Å². The molecule has 1 atom stereocenters. The molecular weight excluding hydrogens is 316 g/mol. The molecule has 5 heteroatoms. The Morgan fingerprint density at radius 1 is 1.39 bits per heavy atom. The van der Waals surface area contributed by atoms with Crippen LogP contribution in [0.3, 0.4) is 0 Å². The fourth-order valence-electron chi connectivity index (χ4n) is 1.66. The van der Waals surface area contributed by atoms with Crippen LogP contribution in [0.15, 0.2) is 28.7 Å². The van der Waals surface area contributed by atoms with Crippen LogP contribution in [0.1, 0.15) is 25.3 Å². The van der Waals surface area contributed by atoms with Gasteiger partial charge in [0.15, 0.2) is 0 Å². The Bertz CT molecular complexity index is 370. The number of hydrogen-bond donors (Lipinski definition) is 1. The fourth-order valence-corrected chi connectivity index (χ4v) is 1.92. The number of carbonyl (C=O) groups is 1. The molecule has 1 rings (SSSR count). The van der Waals surface area contributed by atoms with Gasteiger partial charge < -0.3 is 10.6 Å². The van der Waals surface area contributed by atoms with Crippen LogP contribution in [0.4, 0.5) is 0 Å². The third-order valence-electron chi connectivity index (χ3n) is 2.63. The summed E-state index contributed by atoms with van der Waals surface area (Å²) >= 11 is 3.38. The highest BCUT2D eigenvalue weighted by Crippen LogP contribution is 2.12. The molecule has 0 fully saturated rings. The summed E-state index contributed by atoms with van der Waals surface area (Å²) in [7, 11) is 1.79. The average Bonchev–Trinajstić information content (AvgIpc) is 2.31. The van der Waals surface area contributed by atoms with E-state index in [1.165, 1.54) is 0 Å². The van der Waals surface area contributed by atoms with Gasteiger partial charge in [-0.1, -0.05) is 41.4 Å². The highest BCUT2D eigenvalue weighted by atomic mass is 79.9. The Kier molecular flexibility index (Phi) is 8.24. The minimum Gasteiger partial charge on any atom is -0.340 e. The lowest BCUT2D eigenvalue weighted by atomic mass is 10.1. The van der Waals surface area contributed by atoms with Gasteiger partial charge in [-0.3, -0.25) is 4.79 Å². The summed E-state index contributed by atoms with van der Waals surface area (Å²) in [5.74, 6) is 0.00905. The Morgan fingerprint density at radius 2 is 1.94 bits per heavy atom. The molecular formula is C13H20BrClN2O. The SMILES string of the molecule is CCCC(N)C(=O)N(C)Cc1ccc(Br)cc1.Cl. The van der Waals surface area contributed by atoms with Crippen LogP contribution in [0.5, 0.6) is 0 Å². The summed E-state index contributed by atoms with van der Waals surface area (Å²) in [5, 5.41) is 0. The van der Waals surface area contributed by atoms with E-state index >= 15 is 0 Å². The van der Waals surface area contributed by atoms with Gasteiger partial charge >= 0.3 is 0 Å². The molecule has 0 saturated carbocycles. The highest BCUT2D eigenvalue weighted by Gasteiger charge is 2.16. The molecule has 3 nitrogen and oxygen atoms in total. The molecule has 0 aliphatic heterocycles. The van der Waals surface area contributed by atoms with Crippen LogP contribution in [-0.4, -0.2) is 23.9 Å². The third-order valence-corrected chi connectivity index (χ3v) is 3.15. The number of benzene rings is 1. The lowest BCUT2D eigenvalue weighted by molar-refractivity contribution is -0.131. The number of carbonyl (C=O) groups excluding carboxylic acids is 1. The Balaban J connectivity index is 0.00000289. The monoisotopic (exact) mass is 334 g/mol. The molecule has 0 bridgehead atoms. The van der Waals surface area contributed by atoms with E-state index in [0.717, 1.165) is 22.9 Å². The Hall–Kier alpha value is -0.580. The minimum atomic E-state index is -0.375. The van der Waals surface area contributed by atoms with Crippen LogP contribution < -0.4 is 5.73 Å². The number of hydrogen-bond acceptors (Lipinski definition) is 2. The number of nitrogens with two attached hydrogens (primary N) is 1. The number of likely N-dealkylation sites (N-methyl/N-ethyl adjacent to an activating group) is 1. The van der Waals surface area contributed by atoms with E-state index in [9.17, 15) is 4.79 Å². The van der Waals surface area contributed by atoms with Crippen LogP contribution in [-0.2, 0) is 11.3 Å². The van der Waals surface area contributed by atoms with Crippen molar-refractivity contribution in [1.29, 1.82) is 0 Å². The van der Waals surface area contributed by atoms with E-state index < -0.39 is 0 Å². The fraction of sp³-hybridized carbons (Fsp3) is 0.462. The molecule has 1 aromatic carbocycles. The van der Waals surface area contributed by atoms with Gasteiger partial charge in [0, 0.05) is 18.1 Å². The molecule has 0 radical (unpaired) electrons. The van der Waals surface area contributed by atoms with E-state index in [4.69, 9.17) is 5.73 Å². The maximum absolute atomic E-state index is 11.9. The molecule has 0 aromatic heterocycles. The first-order valence-corrected chi connectivity index (χ1v) is 6.59. The quantitative estimate of drug-likeness (QED) is 0.899. The lowest BCUT2D eigenvalue weighted by Gasteiger charge is -2.21.